The van der Waals surface area contributed by atoms with Crippen molar-refractivity contribution in [2.45, 2.75) is 32.2 Å². The Morgan fingerprint density at radius 3 is 2.90 bits per heavy atom. The Labute approximate surface area is 119 Å². The molecule has 0 aromatic carbocycles. The molecule has 2 rings (SSSR count). The molecule has 0 radical (unpaired) electrons. The molecule has 1 N–H and O–H groups in total. The molecule has 0 amide bonds. The molecule has 1 fully saturated rings. The van der Waals surface area contributed by atoms with Crippen LogP contribution in [-0.4, -0.2) is 53.6 Å². The number of carbonyl (C=O) groups excluding carboxylic acids is 1. The molecule has 0 bridgehead atoms. The molecule has 1 saturated heterocycles. The lowest BCUT2D eigenvalue weighted by Crippen LogP contribution is -2.38. The highest BCUT2D eigenvalue weighted by molar-refractivity contribution is 5.85. The summed E-state index contributed by atoms with van der Waals surface area (Å²) in [5.74, 6) is 0.227. The van der Waals surface area contributed by atoms with E-state index < -0.39 is 5.97 Å². The summed E-state index contributed by atoms with van der Waals surface area (Å²) in [6.07, 6.45) is 5.47. The average Bonchev–Trinajstić information content (AvgIpc) is 2.47. The topological polar surface area (TPSA) is 67.3 Å². The number of methoxy groups -OCH3 is 1. The molecule has 1 aliphatic heterocycles. The number of ether oxygens (including phenoxy) is 1. The van der Waals surface area contributed by atoms with Crippen molar-refractivity contribution in [3.05, 3.63) is 18.1 Å². The zero-order valence-corrected chi connectivity index (χ0v) is 12.1. The molecule has 1 atom stereocenters. The fourth-order valence-corrected chi connectivity index (χ4v) is 2.46. The molecule has 0 saturated carbocycles. The van der Waals surface area contributed by atoms with Crippen LogP contribution in [0.1, 0.15) is 36.8 Å². The first-order valence-electron chi connectivity index (χ1n) is 7.09. The quantitative estimate of drug-likeness (QED) is 0.824. The fourth-order valence-electron chi connectivity index (χ4n) is 2.46. The zero-order valence-electron chi connectivity index (χ0n) is 12.1. The van der Waals surface area contributed by atoms with Crippen molar-refractivity contribution in [3.63, 3.8) is 0 Å². The molecule has 0 aliphatic carbocycles. The second kappa shape index (κ2) is 7.19. The van der Waals surface area contributed by atoms with Gasteiger partial charge in [0.1, 0.15) is 5.82 Å². The number of aromatic nitrogens is 2. The van der Waals surface area contributed by atoms with Crippen molar-refractivity contribution in [2.24, 2.45) is 0 Å². The molecule has 6 nitrogen and oxygen atoms in total. The lowest BCUT2D eigenvalue weighted by Gasteiger charge is -2.29. The normalized spacial score (nSPS) is 17.5. The van der Waals surface area contributed by atoms with E-state index in [2.05, 4.69) is 31.8 Å². The predicted molar refractivity (Wildman–Crippen MR) is 76.7 cm³/mol. The summed E-state index contributed by atoms with van der Waals surface area (Å²) in [4.78, 5) is 21.9. The largest absolute Gasteiger partial charge is 0.463 e. The highest BCUT2D eigenvalue weighted by Crippen LogP contribution is 2.11. The number of hydrogen-bond acceptors (Lipinski definition) is 6. The Kier molecular flexibility index (Phi) is 5.29. The summed E-state index contributed by atoms with van der Waals surface area (Å²) < 4.78 is 4.62. The molecule has 110 valence electrons. The molecular formula is C14H22N4O2. The van der Waals surface area contributed by atoms with Gasteiger partial charge in [0, 0.05) is 18.8 Å². The highest BCUT2D eigenvalue weighted by atomic mass is 16.5. The Morgan fingerprint density at radius 1 is 1.45 bits per heavy atom. The molecule has 6 heteroatoms. The number of likely N-dealkylation sites (tertiary alicyclic amines) is 1. The molecule has 2 heterocycles. The first-order chi connectivity index (χ1) is 9.69. The maximum absolute atomic E-state index is 11.4. The van der Waals surface area contributed by atoms with E-state index in [0.717, 1.165) is 6.54 Å². The molecule has 1 aromatic rings. The number of hydrogen-bond donors (Lipinski definition) is 1. The highest BCUT2D eigenvalue weighted by Gasteiger charge is 2.14. The molecular weight excluding hydrogens is 256 g/mol. The van der Waals surface area contributed by atoms with E-state index in [0.29, 0.717) is 5.82 Å². The van der Waals surface area contributed by atoms with Crippen LogP contribution in [-0.2, 0) is 4.74 Å². The van der Waals surface area contributed by atoms with Crippen LogP contribution < -0.4 is 5.32 Å². The minimum atomic E-state index is -0.516. The SMILES string of the molecule is COC(=O)c1nccc(NC(C)CN2CCCCC2)n1. The Bertz CT molecular complexity index is 447. The van der Waals surface area contributed by atoms with Crippen LogP contribution in [0.3, 0.4) is 0 Å². The number of piperidine rings is 1. The summed E-state index contributed by atoms with van der Waals surface area (Å²) in [5.41, 5.74) is 0. The smallest absolute Gasteiger partial charge is 0.376 e. The Hall–Kier alpha value is -1.69. The lowest BCUT2D eigenvalue weighted by atomic mass is 10.1. The van der Waals surface area contributed by atoms with Gasteiger partial charge >= 0.3 is 5.97 Å². The van der Waals surface area contributed by atoms with E-state index in [1.807, 2.05) is 0 Å². The van der Waals surface area contributed by atoms with Crippen molar-refractivity contribution < 1.29 is 9.53 Å². The fraction of sp³-hybridized carbons (Fsp3) is 0.643. The third-order valence-electron chi connectivity index (χ3n) is 3.40. The van der Waals surface area contributed by atoms with Gasteiger partial charge in [-0.05, 0) is 38.9 Å². The van der Waals surface area contributed by atoms with Gasteiger partial charge in [0.05, 0.1) is 7.11 Å². The van der Waals surface area contributed by atoms with Crippen molar-refractivity contribution in [1.29, 1.82) is 0 Å². The maximum Gasteiger partial charge on any atom is 0.376 e. The molecule has 20 heavy (non-hydrogen) atoms. The summed E-state index contributed by atoms with van der Waals surface area (Å²) in [6.45, 7) is 5.44. The van der Waals surface area contributed by atoms with Crippen LogP contribution in [0.25, 0.3) is 0 Å². The van der Waals surface area contributed by atoms with Crippen LogP contribution >= 0.6 is 0 Å². The third kappa shape index (κ3) is 4.16. The van der Waals surface area contributed by atoms with Gasteiger partial charge in [-0.2, -0.15) is 0 Å². The van der Waals surface area contributed by atoms with Crippen LogP contribution in [0.15, 0.2) is 12.3 Å². The summed E-state index contributed by atoms with van der Waals surface area (Å²) in [5, 5.41) is 3.31. The van der Waals surface area contributed by atoms with Crippen LogP contribution in [0.4, 0.5) is 5.82 Å². The predicted octanol–water partition coefficient (Wildman–Crippen LogP) is 1.55. The van der Waals surface area contributed by atoms with E-state index in [1.165, 1.54) is 39.5 Å². The van der Waals surface area contributed by atoms with E-state index in [4.69, 9.17) is 0 Å². The second-order valence-electron chi connectivity index (χ2n) is 5.16. The summed E-state index contributed by atoms with van der Waals surface area (Å²) in [6, 6.07) is 2.03. The standard InChI is InChI=1S/C14H22N4O2/c1-11(10-18-8-4-3-5-9-18)16-12-6-7-15-13(17-12)14(19)20-2/h6-7,11H,3-5,8-10H2,1-2H3,(H,15,16,17). The molecule has 1 aliphatic rings. The molecule has 1 aromatic heterocycles. The van der Waals surface area contributed by atoms with Crippen molar-refractivity contribution >= 4 is 11.8 Å². The number of nitrogens with zero attached hydrogens (tertiary/aromatic N) is 3. The number of anilines is 1. The van der Waals surface area contributed by atoms with Crippen LogP contribution in [0, 0.1) is 0 Å². The maximum atomic E-state index is 11.4. The van der Waals surface area contributed by atoms with Gasteiger partial charge in [-0.15, -0.1) is 0 Å². The van der Waals surface area contributed by atoms with Crippen molar-refractivity contribution in [2.75, 3.05) is 32.1 Å². The van der Waals surface area contributed by atoms with Gasteiger partial charge < -0.3 is 15.0 Å². The van der Waals surface area contributed by atoms with Gasteiger partial charge in [0.15, 0.2) is 0 Å². The molecule has 1 unspecified atom stereocenters. The first-order valence-corrected chi connectivity index (χ1v) is 7.09. The monoisotopic (exact) mass is 278 g/mol. The number of rotatable bonds is 5. The van der Waals surface area contributed by atoms with Gasteiger partial charge in [-0.25, -0.2) is 14.8 Å². The van der Waals surface area contributed by atoms with Gasteiger partial charge in [-0.3, -0.25) is 0 Å². The minimum Gasteiger partial charge on any atom is -0.463 e. The van der Waals surface area contributed by atoms with Gasteiger partial charge in [0.2, 0.25) is 5.82 Å². The van der Waals surface area contributed by atoms with Gasteiger partial charge in [-0.1, -0.05) is 6.42 Å². The summed E-state index contributed by atoms with van der Waals surface area (Å²) >= 11 is 0. The van der Waals surface area contributed by atoms with E-state index in [-0.39, 0.29) is 11.9 Å². The van der Waals surface area contributed by atoms with Crippen LogP contribution in [0.2, 0.25) is 0 Å². The minimum absolute atomic E-state index is 0.0858. The lowest BCUT2D eigenvalue weighted by molar-refractivity contribution is 0.0587. The number of nitrogens with one attached hydrogen (secondary N) is 1. The first kappa shape index (κ1) is 14.7. The van der Waals surface area contributed by atoms with Gasteiger partial charge in [0.25, 0.3) is 0 Å². The average molecular weight is 278 g/mol. The Morgan fingerprint density at radius 2 is 2.20 bits per heavy atom. The molecule has 0 spiro atoms. The third-order valence-corrected chi connectivity index (χ3v) is 3.40. The van der Waals surface area contributed by atoms with Crippen LogP contribution in [0.5, 0.6) is 0 Å². The van der Waals surface area contributed by atoms with Crippen molar-refractivity contribution in [3.8, 4) is 0 Å². The van der Waals surface area contributed by atoms with E-state index in [1.54, 1.807) is 12.3 Å². The number of carbonyl (C=O) groups is 1. The number of esters is 1. The van der Waals surface area contributed by atoms with E-state index in [9.17, 15) is 4.79 Å². The zero-order chi connectivity index (χ0) is 14.4. The van der Waals surface area contributed by atoms with E-state index >= 15 is 0 Å². The van der Waals surface area contributed by atoms with Crippen molar-refractivity contribution in [1.82, 2.24) is 14.9 Å². The Balaban J connectivity index is 1.89. The summed E-state index contributed by atoms with van der Waals surface area (Å²) in [7, 11) is 1.32. The second-order valence-corrected chi connectivity index (χ2v) is 5.16.